The van der Waals surface area contributed by atoms with Gasteiger partial charge in [0.05, 0.1) is 0 Å². The van der Waals surface area contributed by atoms with E-state index in [4.69, 9.17) is 4.74 Å². The van der Waals surface area contributed by atoms with Gasteiger partial charge in [-0.3, -0.25) is 0 Å². The van der Waals surface area contributed by atoms with Gasteiger partial charge in [-0.2, -0.15) is 0 Å². The highest BCUT2D eigenvalue weighted by Gasteiger charge is 2.17. The van der Waals surface area contributed by atoms with Gasteiger partial charge >= 0.3 is 0 Å². The lowest BCUT2D eigenvalue weighted by Crippen LogP contribution is -2.07. The molecule has 1 atom stereocenters. The Kier molecular flexibility index (Phi) is 3.91. The highest BCUT2D eigenvalue weighted by molar-refractivity contribution is 5.39. The van der Waals surface area contributed by atoms with Gasteiger partial charge in [-0.1, -0.05) is 13.0 Å². The van der Waals surface area contributed by atoms with Crippen molar-refractivity contribution in [2.24, 2.45) is 0 Å². The Labute approximate surface area is 123 Å². The molecule has 0 aromatic heterocycles. The lowest BCUT2D eigenvalue weighted by Gasteiger charge is -2.23. The lowest BCUT2D eigenvalue weighted by molar-refractivity contribution is 0.298. The summed E-state index contributed by atoms with van der Waals surface area (Å²) in [6.45, 7) is 2.33. The minimum atomic E-state index is -0.571. The third kappa shape index (κ3) is 3.07. The summed E-state index contributed by atoms with van der Waals surface area (Å²) in [5.74, 6) is 0.145. The summed E-state index contributed by atoms with van der Waals surface area (Å²) < 4.78 is 32.1. The first-order chi connectivity index (χ1) is 10.1. The van der Waals surface area contributed by atoms with Crippen LogP contribution in [0.1, 0.15) is 42.4 Å². The molecule has 0 spiro atoms. The molecule has 21 heavy (non-hydrogen) atoms. The first-order valence-corrected chi connectivity index (χ1v) is 7.33. The third-order valence-electron chi connectivity index (χ3n) is 4.14. The van der Waals surface area contributed by atoms with E-state index in [1.54, 1.807) is 0 Å². The third-order valence-corrected chi connectivity index (χ3v) is 4.14. The fourth-order valence-electron chi connectivity index (χ4n) is 2.90. The zero-order valence-corrected chi connectivity index (χ0v) is 12.0. The van der Waals surface area contributed by atoms with Crippen LogP contribution in [0.2, 0.25) is 0 Å². The molecule has 0 heterocycles. The van der Waals surface area contributed by atoms with E-state index in [1.165, 1.54) is 36.1 Å². The maximum atomic E-state index is 13.6. The number of ether oxygens (including phenoxy) is 1. The van der Waals surface area contributed by atoms with Gasteiger partial charge in [0, 0.05) is 11.6 Å². The SMILES string of the molecule is CC1CCCc2ccc(OCc3ccc(F)cc3F)cc21. The second-order valence-electron chi connectivity index (χ2n) is 5.68. The van der Waals surface area contributed by atoms with Crippen LogP contribution in [0.15, 0.2) is 36.4 Å². The van der Waals surface area contributed by atoms with E-state index in [-0.39, 0.29) is 6.61 Å². The van der Waals surface area contributed by atoms with E-state index in [2.05, 4.69) is 19.1 Å². The van der Waals surface area contributed by atoms with Crippen molar-refractivity contribution in [3.63, 3.8) is 0 Å². The molecular formula is C18H18F2O. The highest BCUT2D eigenvalue weighted by atomic mass is 19.1. The van der Waals surface area contributed by atoms with Crippen molar-refractivity contribution in [2.75, 3.05) is 0 Å². The molecule has 0 saturated heterocycles. The molecule has 0 saturated carbocycles. The maximum Gasteiger partial charge on any atom is 0.132 e. The van der Waals surface area contributed by atoms with E-state index < -0.39 is 11.6 Å². The Morgan fingerprint density at radius 1 is 1.14 bits per heavy atom. The number of hydrogen-bond donors (Lipinski definition) is 0. The van der Waals surface area contributed by atoms with Crippen LogP contribution < -0.4 is 4.74 Å². The first kappa shape index (κ1) is 14.1. The van der Waals surface area contributed by atoms with Gasteiger partial charge in [-0.15, -0.1) is 0 Å². The second kappa shape index (κ2) is 5.84. The topological polar surface area (TPSA) is 9.23 Å². The van der Waals surface area contributed by atoms with Crippen LogP contribution in [0.3, 0.4) is 0 Å². The molecule has 110 valence electrons. The Morgan fingerprint density at radius 3 is 2.81 bits per heavy atom. The summed E-state index contributed by atoms with van der Waals surface area (Å²) >= 11 is 0. The second-order valence-corrected chi connectivity index (χ2v) is 5.68. The Hall–Kier alpha value is -1.90. The van der Waals surface area contributed by atoms with Crippen molar-refractivity contribution in [3.05, 3.63) is 64.7 Å². The van der Waals surface area contributed by atoms with Gasteiger partial charge in [0.25, 0.3) is 0 Å². The van der Waals surface area contributed by atoms with E-state index in [9.17, 15) is 8.78 Å². The zero-order chi connectivity index (χ0) is 14.8. The normalized spacial score (nSPS) is 17.4. The molecule has 3 heteroatoms. The predicted molar refractivity (Wildman–Crippen MR) is 78.5 cm³/mol. The molecule has 3 rings (SSSR count). The fraction of sp³-hybridized carbons (Fsp3) is 0.333. The van der Waals surface area contributed by atoms with E-state index in [0.717, 1.165) is 18.2 Å². The van der Waals surface area contributed by atoms with E-state index in [0.29, 0.717) is 11.5 Å². The van der Waals surface area contributed by atoms with Crippen molar-refractivity contribution < 1.29 is 13.5 Å². The van der Waals surface area contributed by atoms with Crippen LogP contribution in [-0.4, -0.2) is 0 Å². The number of rotatable bonds is 3. The molecule has 1 aliphatic carbocycles. The summed E-state index contributed by atoms with van der Waals surface area (Å²) in [5.41, 5.74) is 3.08. The number of fused-ring (bicyclic) bond motifs is 1. The Balaban J connectivity index is 1.75. The molecule has 0 bridgehead atoms. The highest BCUT2D eigenvalue weighted by Crippen LogP contribution is 2.33. The molecule has 2 aromatic carbocycles. The molecule has 0 amide bonds. The standard InChI is InChI=1S/C18H18F2O/c1-12-3-2-4-13-6-8-16(10-17(12)13)21-11-14-5-7-15(19)9-18(14)20/h5-10,12H,2-4,11H2,1H3. The van der Waals surface area contributed by atoms with Crippen molar-refractivity contribution in [1.82, 2.24) is 0 Å². The number of aryl methyl sites for hydroxylation is 1. The molecule has 0 radical (unpaired) electrons. The molecule has 0 aliphatic heterocycles. The van der Waals surface area contributed by atoms with Crippen molar-refractivity contribution in [2.45, 2.75) is 38.7 Å². The van der Waals surface area contributed by atoms with Crippen LogP contribution in [-0.2, 0) is 13.0 Å². The van der Waals surface area contributed by atoms with Crippen LogP contribution in [0.25, 0.3) is 0 Å². The smallest absolute Gasteiger partial charge is 0.132 e. The minimum Gasteiger partial charge on any atom is -0.489 e. The molecule has 0 N–H and O–H groups in total. The molecule has 2 aromatic rings. The average molecular weight is 288 g/mol. The predicted octanol–water partition coefficient (Wildman–Crippen LogP) is 4.98. The van der Waals surface area contributed by atoms with Crippen molar-refractivity contribution >= 4 is 0 Å². The fourth-order valence-corrected chi connectivity index (χ4v) is 2.90. The summed E-state index contributed by atoms with van der Waals surface area (Å²) in [4.78, 5) is 0. The van der Waals surface area contributed by atoms with Crippen molar-refractivity contribution in [1.29, 1.82) is 0 Å². The maximum absolute atomic E-state index is 13.6. The van der Waals surface area contributed by atoms with E-state index in [1.807, 2.05) is 6.07 Å². The monoisotopic (exact) mass is 288 g/mol. The van der Waals surface area contributed by atoms with Gasteiger partial charge in [0.2, 0.25) is 0 Å². The van der Waals surface area contributed by atoms with Gasteiger partial charge in [0.1, 0.15) is 24.0 Å². The molecule has 1 unspecified atom stereocenters. The van der Waals surface area contributed by atoms with Crippen LogP contribution in [0.4, 0.5) is 8.78 Å². The van der Waals surface area contributed by atoms with Crippen molar-refractivity contribution in [3.8, 4) is 5.75 Å². The molecule has 1 nitrogen and oxygen atoms in total. The number of halogens is 2. The largest absolute Gasteiger partial charge is 0.489 e. The summed E-state index contributed by atoms with van der Waals surface area (Å²) in [7, 11) is 0. The van der Waals surface area contributed by atoms with Gasteiger partial charge < -0.3 is 4.74 Å². The minimum absolute atomic E-state index is 0.110. The summed E-state index contributed by atoms with van der Waals surface area (Å²) in [6, 6.07) is 9.64. The number of hydrogen-bond acceptors (Lipinski definition) is 1. The molecule has 0 fully saturated rings. The summed E-state index contributed by atoms with van der Waals surface area (Å²) in [5, 5.41) is 0. The summed E-state index contributed by atoms with van der Waals surface area (Å²) in [6.07, 6.45) is 3.55. The Bertz CT molecular complexity index is 652. The number of benzene rings is 2. The van der Waals surface area contributed by atoms with Crippen LogP contribution in [0, 0.1) is 11.6 Å². The lowest BCUT2D eigenvalue weighted by atomic mass is 9.84. The van der Waals surface area contributed by atoms with Gasteiger partial charge in [0.15, 0.2) is 0 Å². The van der Waals surface area contributed by atoms with Gasteiger partial charge in [-0.25, -0.2) is 8.78 Å². The molecular weight excluding hydrogens is 270 g/mol. The van der Waals surface area contributed by atoms with Gasteiger partial charge in [-0.05, 0) is 60.6 Å². The van der Waals surface area contributed by atoms with Crippen LogP contribution >= 0.6 is 0 Å². The van der Waals surface area contributed by atoms with Crippen LogP contribution in [0.5, 0.6) is 5.75 Å². The molecule has 1 aliphatic rings. The first-order valence-electron chi connectivity index (χ1n) is 7.33. The van der Waals surface area contributed by atoms with E-state index >= 15 is 0 Å². The average Bonchev–Trinajstić information content (AvgIpc) is 2.47. The Morgan fingerprint density at radius 2 is 2.00 bits per heavy atom. The zero-order valence-electron chi connectivity index (χ0n) is 12.0. The quantitative estimate of drug-likeness (QED) is 0.773.